The quantitative estimate of drug-likeness (QED) is 0.855. The minimum atomic E-state index is -0.549. The molecule has 0 heterocycles. The van der Waals surface area contributed by atoms with E-state index in [4.69, 9.17) is 10.00 Å². The van der Waals surface area contributed by atoms with E-state index in [-0.39, 0.29) is 12.3 Å². The van der Waals surface area contributed by atoms with Gasteiger partial charge >= 0.3 is 0 Å². The number of nitrogens with zero attached hydrogens (tertiary/aromatic N) is 2. The highest BCUT2D eigenvalue weighted by Crippen LogP contribution is 2.18. The minimum Gasteiger partial charge on any atom is -0.497 e. The van der Waals surface area contributed by atoms with E-state index in [1.165, 1.54) is 4.90 Å². The molecule has 1 amide bonds. The predicted molar refractivity (Wildman–Crippen MR) is 69.3 cm³/mol. The fourth-order valence-electron chi connectivity index (χ4n) is 1.40. The summed E-state index contributed by atoms with van der Waals surface area (Å²) in [6, 6.07) is 8.77. The van der Waals surface area contributed by atoms with Crippen LogP contribution in [0.15, 0.2) is 24.3 Å². The number of nitrogens with one attached hydrogen (secondary N) is 1. The van der Waals surface area contributed by atoms with Crippen LogP contribution in [0, 0.1) is 11.3 Å². The maximum absolute atomic E-state index is 11.5. The molecule has 0 spiro atoms. The number of amides is 1. The molecule has 0 aliphatic rings. The van der Waals surface area contributed by atoms with Crippen LogP contribution < -0.4 is 10.1 Å². The van der Waals surface area contributed by atoms with Gasteiger partial charge in [0.1, 0.15) is 11.8 Å². The van der Waals surface area contributed by atoms with Crippen molar-refractivity contribution in [3.63, 3.8) is 0 Å². The van der Waals surface area contributed by atoms with Crippen molar-refractivity contribution in [3.8, 4) is 11.8 Å². The lowest BCUT2D eigenvalue weighted by Gasteiger charge is -2.16. The maximum Gasteiger partial charge on any atom is 0.225 e. The Balaban J connectivity index is 2.68. The fraction of sp³-hybridized carbons (Fsp3) is 0.385. The molecule has 1 N–H and O–H groups in total. The largest absolute Gasteiger partial charge is 0.497 e. The summed E-state index contributed by atoms with van der Waals surface area (Å²) >= 11 is 0. The molecule has 1 unspecified atom stereocenters. The van der Waals surface area contributed by atoms with Crippen LogP contribution in [-0.2, 0) is 4.79 Å². The van der Waals surface area contributed by atoms with Gasteiger partial charge in [-0.3, -0.25) is 4.79 Å². The Kier molecular flexibility index (Phi) is 5.00. The first-order chi connectivity index (χ1) is 8.56. The number of hydrogen-bond acceptors (Lipinski definition) is 4. The Labute approximate surface area is 107 Å². The van der Waals surface area contributed by atoms with Crippen molar-refractivity contribution in [3.05, 3.63) is 24.3 Å². The zero-order valence-electron chi connectivity index (χ0n) is 10.8. The molecule has 0 aromatic heterocycles. The number of carbonyl (C=O) groups excluding carboxylic acids is 1. The van der Waals surface area contributed by atoms with Gasteiger partial charge in [-0.1, -0.05) is 6.07 Å². The van der Waals surface area contributed by atoms with Gasteiger partial charge in [0.05, 0.1) is 19.6 Å². The maximum atomic E-state index is 11.5. The van der Waals surface area contributed by atoms with E-state index in [0.29, 0.717) is 5.75 Å². The molecule has 18 heavy (non-hydrogen) atoms. The molecule has 1 aromatic rings. The van der Waals surface area contributed by atoms with Crippen LogP contribution in [0.2, 0.25) is 0 Å². The monoisotopic (exact) mass is 247 g/mol. The average molecular weight is 247 g/mol. The summed E-state index contributed by atoms with van der Waals surface area (Å²) in [5.41, 5.74) is 0.757. The minimum absolute atomic E-state index is 0.0862. The highest BCUT2D eigenvalue weighted by Gasteiger charge is 2.14. The number of anilines is 1. The van der Waals surface area contributed by atoms with Gasteiger partial charge in [0.25, 0.3) is 0 Å². The molecule has 96 valence electrons. The predicted octanol–water partition coefficient (Wildman–Crippen LogP) is 1.48. The van der Waals surface area contributed by atoms with E-state index in [9.17, 15) is 4.79 Å². The molecule has 0 aliphatic heterocycles. The molecule has 0 radical (unpaired) electrons. The topological polar surface area (TPSA) is 65.4 Å². The van der Waals surface area contributed by atoms with Gasteiger partial charge in [0, 0.05) is 25.8 Å². The first-order valence-corrected chi connectivity index (χ1v) is 5.57. The van der Waals surface area contributed by atoms with Gasteiger partial charge in [-0.2, -0.15) is 5.26 Å². The van der Waals surface area contributed by atoms with Crippen LogP contribution in [0.3, 0.4) is 0 Å². The number of carbonyl (C=O) groups is 1. The highest BCUT2D eigenvalue weighted by molar-refractivity contribution is 5.77. The van der Waals surface area contributed by atoms with Gasteiger partial charge in [0.15, 0.2) is 0 Å². The molecular weight excluding hydrogens is 230 g/mol. The molecule has 1 atom stereocenters. The Morgan fingerprint density at radius 2 is 2.28 bits per heavy atom. The molecule has 0 fully saturated rings. The van der Waals surface area contributed by atoms with Crippen LogP contribution in [-0.4, -0.2) is 38.1 Å². The standard InChI is InChI=1S/C13H17N3O2/c1-16(2)13(17)8-11(9-14)15-10-5-4-6-12(7-10)18-3/h4-7,11,15H,8H2,1-3H3. The lowest BCUT2D eigenvalue weighted by atomic mass is 10.2. The smallest absolute Gasteiger partial charge is 0.225 e. The van der Waals surface area contributed by atoms with Crippen molar-refractivity contribution in [2.45, 2.75) is 12.5 Å². The number of benzene rings is 1. The number of hydrogen-bond donors (Lipinski definition) is 1. The third kappa shape index (κ3) is 3.98. The van der Waals surface area contributed by atoms with Gasteiger partial charge in [0.2, 0.25) is 5.91 Å². The average Bonchev–Trinajstić information content (AvgIpc) is 2.37. The SMILES string of the molecule is COc1cccc(NC(C#N)CC(=O)N(C)C)c1. The van der Waals surface area contributed by atoms with Gasteiger partial charge in [-0.25, -0.2) is 0 Å². The van der Waals surface area contributed by atoms with Gasteiger partial charge in [-0.05, 0) is 12.1 Å². The number of nitriles is 1. The fourth-order valence-corrected chi connectivity index (χ4v) is 1.40. The number of methoxy groups -OCH3 is 1. The first kappa shape index (κ1) is 13.8. The Bertz CT molecular complexity index is 452. The van der Waals surface area contributed by atoms with Crippen LogP contribution in [0.1, 0.15) is 6.42 Å². The molecule has 0 aliphatic carbocycles. The summed E-state index contributed by atoms with van der Waals surface area (Å²) in [5.74, 6) is 0.618. The van der Waals surface area contributed by atoms with Crippen molar-refractivity contribution >= 4 is 11.6 Å². The van der Waals surface area contributed by atoms with E-state index in [2.05, 4.69) is 11.4 Å². The summed E-state index contributed by atoms with van der Waals surface area (Å²) in [6.07, 6.45) is 0.140. The van der Waals surface area contributed by atoms with E-state index in [0.717, 1.165) is 5.69 Å². The summed E-state index contributed by atoms with van der Waals surface area (Å²) in [5, 5.41) is 12.0. The first-order valence-electron chi connectivity index (χ1n) is 5.57. The molecule has 5 nitrogen and oxygen atoms in total. The van der Waals surface area contributed by atoms with E-state index >= 15 is 0 Å². The van der Waals surface area contributed by atoms with E-state index in [1.807, 2.05) is 18.2 Å². The van der Waals surface area contributed by atoms with E-state index in [1.54, 1.807) is 27.3 Å². The summed E-state index contributed by atoms with van der Waals surface area (Å²) < 4.78 is 5.09. The molecule has 0 saturated heterocycles. The van der Waals surface area contributed by atoms with Gasteiger partial charge in [-0.15, -0.1) is 0 Å². The van der Waals surface area contributed by atoms with Gasteiger partial charge < -0.3 is 15.0 Å². The van der Waals surface area contributed by atoms with Crippen LogP contribution in [0.4, 0.5) is 5.69 Å². The third-order valence-corrected chi connectivity index (χ3v) is 2.44. The Morgan fingerprint density at radius 3 is 2.83 bits per heavy atom. The second kappa shape index (κ2) is 6.50. The van der Waals surface area contributed by atoms with Crippen molar-refractivity contribution in [2.75, 3.05) is 26.5 Å². The number of ether oxygens (including phenoxy) is 1. The van der Waals surface area contributed by atoms with Crippen LogP contribution in [0.5, 0.6) is 5.75 Å². The summed E-state index contributed by atoms with van der Waals surface area (Å²) in [7, 11) is 4.92. The lowest BCUT2D eigenvalue weighted by Crippen LogP contribution is -2.29. The molecule has 1 rings (SSSR count). The lowest BCUT2D eigenvalue weighted by molar-refractivity contribution is -0.128. The molecular formula is C13H17N3O2. The van der Waals surface area contributed by atoms with E-state index < -0.39 is 6.04 Å². The van der Waals surface area contributed by atoms with Crippen LogP contribution >= 0.6 is 0 Å². The Morgan fingerprint density at radius 1 is 1.56 bits per heavy atom. The van der Waals surface area contributed by atoms with Crippen molar-refractivity contribution in [1.82, 2.24) is 4.90 Å². The molecule has 0 bridgehead atoms. The second-order valence-electron chi connectivity index (χ2n) is 4.05. The molecule has 0 saturated carbocycles. The van der Waals surface area contributed by atoms with Crippen LogP contribution in [0.25, 0.3) is 0 Å². The van der Waals surface area contributed by atoms with Crippen molar-refractivity contribution in [1.29, 1.82) is 5.26 Å². The second-order valence-corrected chi connectivity index (χ2v) is 4.05. The zero-order chi connectivity index (χ0) is 13.5. The highest BCUT2D eigenvalue weighted by atomic mass is 16.5. The summed E-state index contributed by atoms with van der Waals surface area (Å²) in [6.45, 7) is 0. The zero-order valence-corrected chi connectivity index (χ0v) is 10.8. The number of rotatable bonds is 5. The Hall–Kier alpha value is -2.22. The summed E-state index contributed by atoms with van der Waals surface area (Å²) in [4.78, 5) is 13.0. The van der Waals surface area contributed by atoms with Crippen molar-refractivity contribution in [2.24, 2.45) is 0 Å². The molecule has 1 aromatic carbocycles. The third-order valence-electron chi connectivity index (χ3n) is 2.44. The van der Waals surface area contributed by atoms with Crippen molar-refractivity contribution < 1.29 is 9.53 Å². The molecule has 5 heteroatoms. The normalized spacial score (nSPS) is 11.2.